The monoisotopic (exact) mass is 568 g/mol. The first kappa shape index (κ1) is 26.2. The molecule has 0 spiro atoms. The Kier molecular flexibility index (Phi) is 9.42. The van der Waals surface area contributed by atoms with E-state index in [1.54, 1.807) is 23.1 Å². The number of benzene rings is 3. The molecule has 4 rings (SSSR count). The molecule has 1 aliphatic rings. The van der Waals surface area contributed by atoms with Crippen LogP contribution < -0.4 is 10.1 Å². The van der Waals surface area contributed by atoms with Crippen LogP contribution in [-0.4, -0.2) is 35.4 Å². The zero-order valence-corrected chi connectivity index (χ0v) is 22.4. The molecule has 1 N–H and O–H groups in total. The number of ether oxygens (including phenoxy) is 1. The van der Waals surface area contributed by atoms with E-state index in [1.165, 1.54) is 0 Å². The zero-order valence-electron chi connectivity index (χ0n) is 20.0. The van der Waals surface area contributed by atoms with Crippen LogP contribution in [0.5, 0.6) is 5.75 Å². The summed E-state index contributed by atoms with van der Waals surface area (Å²) in [5.41, 5.74) is 1.76. The Hall–Kier alpha value is -2.83. The van der Waals surface area contributed by atoms with Gasteiger partial charge in [-0.2, -0.15) is 0 Å². The van der Waals surface area contributed by atoms with Crippen molar-refractivity contribution in [2.24, 2.45) is 0 Å². The molecule has 0 aromatic heterocycles. The first-order chi connectivity index (χ1) is 17.5. The fourth-order valence-electron chi connectivity index (χ4n) is 4.49. The molecule has 0 radical (unpaired) electrons. The Labute approximate surface area is 225 Å². The number of hydrogen-bond acceptors (Lipinski definition) is 3. The van der Waals surface area contributed by atoms with Gasteiger partial charge >= 0.3 is 0 Å². The number of carbonyl (C=O) groups excluding carboxylic acids is 2. The molecular formula is C29H30BrClN2O3. The standard InChI is InChI=1S/C29H30BrClN2O3/c30-23-14-16-25(17-15-23)36-20-28(34)33(19-22-10-4-7-13-26(22)31)27(18-21-8-2-1-3-9-21)29(35)32-24-11-5-6-12-24/h1-4,7-10,13-17,24,27H,5-6,11-12,18-20H2,(H,32,35). The lowest BCUT2D eigenvalue weighted by molar-refractivity contribution is -0.143. The van der Waals surface area contributed by atoms with Crippen molar-refractivity contribution in [2.45, 2.75) is 50.7 Å². The van der Waals surface area contributed by atoms with Crippen molar-refractivity contribution in [2.75, 3.05) is 6.61 Å². The smallest absolute Gasteiger partial charge is 0.261 e. The molecular weight excluding hydrogens is 540 g/mol. The number of hydrogen-bond donors (Lipinski definition) is 1. The summed E-state index contributed by atoms with van der Waals surface area (Å²) in [6.45, 7) is 0.0197. The van der Waals surface area contributed by atoms with E-state index in [4.69, 9.17) is 16.3 Å². The fourth-order valence-corrected chi connectivity index (χ4v) is 4.95. The van der Waals surface area contributed by atoms with Crippen molar-refractivity contribution in [1.82, 2.24) is 10.2 Å². The minimum atomic E-state index is -0.703. The Balaban J connectivity index is 1.61. The first-order valence-corrected chi connectivity index (χ1v) is 13.4. The molecule has 1 aliphatic carbocycles. The summed E-state index contributed by atoms with van der Waals surface area (Å²) in [5.74, 6) is 0.161. The first-order valence-electron chi connectivity index (χ1n) is 12.2. The molecule has 1 fully saturated rings. The number of amides is 2. The van der Waals surface area contributed by atoms with Gasteiger partial charge in [-0.3, -0.25) is 9.59 Å². The Morgan fingerprint density at radius 1 is 0.972 bits per heavy atom. The van der Waals surface area contributed by atoms with Crippen LogP contribution >= 0.6 is 27.5 Å². The molecule has 188 valence electrons. The van der Waals surface area contributed by atoms with E-state index in [-0.39, 0.29) is 31.0 Å². The van der Waals surface area contributed by atoms with E-state index in [0.717, 1.165) is 41.3 Å². The van der Waals surface area contributed by atoms with E-state index in [9.17, 15) is 9.59 Å². The average molecular weight is 570 g/mol. The molecule has 0 bridgehead atoms. The second-order valence-corrected chi connectivity index (χ2v) is 10.4. The predicted octanol–water partition coefficient (Wildman–Crippen LogP) is 6.18. The second kappa shape index (κ2) is 12.9. The quantitative estimate of drug-likeness (QED) is 0.317. The zero-order chi connectivity index (χ0) is 25.3. The highest BCUT2D eigenvalue weighted by Gasteiger charge is 2.32. The number of rotatable bonds is 10. The van der Waals surface area contributed by atoms with Crippen LogP contribution in [0.1, 0.15) is 36.8 Å². The van der Waals surface area contributed by atoms with E-state index in [0.29, 0.717) is 17.2 Å². The van der Waals surface area contributed by atoms with E-state index < -0.39 is 6.04 Å². The lowest BCUT2D eigenvalue weighted by Crippen LogP contribution is -2.53. The highest BCUT2D eigenvalue weighted by atomic mass is 79.9. The van der Waals surface area contributed by atoms with Gasteiger partial charge < -0.3 is 15.0 Å². The molecule has 3 aromatic rings. The Morgan fingerprint density at radius 2 is 1.64 bits per heavy atom. The third-order valence-electron chi connectivity index (χ3n) is 6.45. The second-order valence-electron chi connectivity index (χ2n) is 9.05. The van der Waals surface area contributed by atoms with Crippen molar-refractivity contribution in [3.8, 4) is 5.75 Å². The molecule has 1 unspecified atom stereocenters. The normalized spacial score (nSPS) is 14.3. The lowest BCUT2D eigenvalue weighted by Gasteiger charge is -2.32. The predicted molar refractivity (Wildman–Crippen MR) is 146 cm³/mol. The SMILES string of the molecule is O=C(NC1CCCC1)C(Cc1ccccc1)N(Cc1ccccc1Cl)C(=O)COc1ccc(Br)cc1. The van der Waals surface area contributed by atoms with Gasteiger partial charge in [0.2, 0.25) is 5.91 Å². The molecule has 5 nitrogen and oxygen atoms in total. The van der Waals surface area contributed by atoms with Gasteiger partial charge in [-0.1, -0.05) is 88.9 Å². The van der Waals surface area contributed by atoms with Gasteiger partial charge in [0, 0.05) is 28.5 Å². The van der Waals surface area contributed by atoms with Gasteiger partial charge in [-0.15, -0.1) is 0 Å². The summed E-state index contributed by atoms with van der Waals surface area (Å²) in [7, 11) is 0. The number of carbonyl (C=O) groups is 2. The average Bonchev–Trinajstić information content (AvgIpc) is 3.40. The molecule has 0 heterocycles. The fraction of sp³-hybridized carbons (Fsp3) is 0.310. The summed E-state index contributed by atoms with van der Waals surface area (Å²) < 4.78 is 6.73. The molecule has 7 heteroatoms. The van der Waals surface area contributed by atoms with Crippen LogP contribution in [0.4, 0.5) is 0 Å². The molecule has 1 saturated carbocycles. The van der Waals surface area contributed by atoms with Gasteiger partial charge in [-0.05, 0) is 54.3 Å². The minimum absolute atomic E-state index is 0.144. The molecule has 36 heavy (non-hydrogen) atoms. The molecule has 0 saturated heterocycles. The van der Waals surface area contributed by atoms with Crippen LogP contribution in [0.3, 0.4) is 0 Å². The van der Waals surface area contributed by atoms with Crippen molar-refractivity contribution in [3.05, 3.63) is 99.5 Å². The molecule has 1 atom stereocenters. The number of nitrogens with zero attached hydrogens (tertiary/aromatic N) is 1. The summed E-state index contributed by atoms with van der Waals surface area (Å²) >= 11 is 9.88. The van der Waals surface area contributed by atoms with Crippen molar-refractivity contribution in [1.29, 1.82) is 0 Å². The van der Waals surface area contributed by atoms with Gasteiger partial charge in [0.25, 0.3) is 5.91 Å². The van der Waals surface area contributed by atoms with Crippen LogP contribution in [0.15, 0.2) is 83.3 Å². The van der Waals surface area contributed by atoms with Crippen LogP contribution in [0.25, 0.3) is 0 Å². The number of halogens is 2. The summed E-state index contributed by atoms with van der Waals surface area (Å²) in [6, 6.07) is 23.9. The van der Waals surface area contributed by atoms with Gasteiger partial charge in [0.05, 0.1) is 0 Å². The largest absolute Gasteiger partial charge is 0.484 e. The van der Waals surface area contributed by atoms with Crippen molar-refractivity contribution in [3.63, 3.8) is 0 Å². The van der Waals surface area contributed by atoms with Gasteiger partial charge in [0.15, 0.2) is 6.61 Å². The summed E-state index contributed by atoms with van der Waals surface area (Å²) in [4.78, 5) is 28.9. The summed E-state index contributed by atoms with van der Waals surface area (Å²) in [5, 5.41) is 3.76. The van der Waals surface area contributed by atoms with Crippen LogP contribution in [0.2, 0.25) is 5.02 Å². The molecule has 2 amide bonds. The maximum atomic E-state index is 13.7. The van der Waals surface area contributed by atoms with Gasteiger partial charge in [-0.25, -0.2) is 0 Å². The highest BCUT2D eigenvalue weighted by Crippen LogP contribution is 2.23. The lowest BCUT2D eigenvalue weighted by atomic mass is 10.0. The topological polar surface area (TPSA) is 58.6 Å². The Bertz CT molecular complexity index is 1150. The van der Waals surface area contributed by atoms with Crippen molar-refractivity contribution >= 4 is 39.3 Å². The maximum absolute atomic E-state index is 13.7. The van der Waals surface area contributed by atoms with Crippen LogP contribution in [-0.2, 0) is 22.6 Å². The van der Waals surface area contributed by atoms with Gasteiger partial charge in [0.1, 0.15) is 11.8 Å². The molecule has 3 aromatic carbocycles. The number of nitrogens with one attached hydrogen (secondary N) is 1. The third-order valence-corrected chi connectivity index (χ3v) is 7.34. The van der Waals surface area contributed by atoms with E-state index >= 15 is 0 Å². The van der Waals surface area contributed by atoms with Crippen molar-refractivity contribution < 1.29 is 14.3 Å². The van der Waals surface area contributed by atoms with E-state index in [2.05, 4.69) is 21.2 Å². The van der Waals surface area contributed by atoms with Crippen LogP contribution in [0, 0.1) is 0 Å². The third kappa shape index (κ3) is 7.34. The summed E-state index contributed by atoms with van der Waals surface area (Å²) in [6.07, 6.45) is 4.55. The maximum Gasteiger partial charge on any atom is 0.261 e. The Morgan fingerprint density at radius 3 is 2.33 bits per heavy atom. The highest BCUT2D eigenvalue weighted by molar-refractivity contribution is 9.10. The minimum Gasteiger partial charge on any atom is -0.484 e. The van der Waals surface area contributed by atoms with E-state index in [1.807, 2.05) is 60.7 Å². The molecule has 0 aliphatic heterocycles.